The van der Waals surface area contributed by atoms with Crippen LogP contribution in [0.2, 0.25) is 0 Å². The number of benzene rings is 1. The molecule has 0 N–H and O–H groups in total. The van der Waals surface area contributed by atoms with Crippen molar-refractivity contribution in [2.24, 2.45) is 0 Å². The molecule has 1 aliphatic heterocycles. The van der Waals surface area contributed by atoms with Crippen molar-refractivity contribution in [1.82, 2.24) is 4.90 Å². The summed E-state index contributed by atoms with van der Waals surface area (Å²) in [5.74, 6) is -0.311. The molecule has 0 bridgehead atoms. The van der Waals surface area contributed by atoms with E-state index in [9.17, 15) is 9.18 Å². The van der Waals surface area contributed by atoms with Crippen molar-refractivity contribution >= 4 is 21.8 Å². The average Bonchev–Trinajstić information content (AvgIpc) is 2.66. The maximum Gasteiger partial charge on any atom is 0.254 e. The number of carbonyl (C=O) groups excluding carboxylic acids is 1. The molecule has 0 radical (unpaired) electrons. The van der Waals surface area contributed by atoms with Crippen molar-refractivity contribution in [3.8, 4) is 0 Å². The molecular formula is C15H19BrFNO. The van der Waals surface area contributed by atoms with Crippen LogP contribution in [0.3, 0.4) is 0 Å². The van der Waals surface area contributed by atoms with Crippen LogP contribution in [0.1, 0.15) is 49.4 Å². The summed E-state index contributed by atoms with van der Waals surface area (Å²) in [5, 5.41) is 0. The maximum absolute atomic E-state index is 13.2. The minimum absolute atomic E-state index is 0.0226. The van der Waals surface area contributed by atoms with Crippen LogP contribution in [0.5, 0.6) is 0 Å². The van der Waals surface area contributed by atoms with Crippen LogP contribution in [0.25, 0.3) is 0 Å². The van der Waals surface area contributed by atoms with E-state index in [0.29, 0.717) is 16.1 Å². The Balaban J connectivity index is 2.22. The summed E-state index contributed by atoms with van der Waals surface area (Å²) < 4.78 is 13.6. The van der Waals surface area contributed by atoms with Crippen LogP contribution < -0.4 is 0 Å². The zero-order valence-corrected chi connectivity index (χ0v) is 12.7. The first-order valence-corrected chi connectivity index (χ1v) is 7.68. The third-order valence-electron chi connectivity index (χ3n) is 3.78. The van der Waals surface area contributed by atoms with Gasteiger partial charge in [-0.3, -0.25) is 4.79 Å². The average molecular weight is 328 g/mol. The highest BCUT2D eigenvalue weighted by Gasteiger charge is 2.25. The quantitative estimate of drug-likeness (QED) is 0.789. The number of likely N-dealkylation sites (tertiary alicyclic amines) is 1. The standard InChI is InChI=1S/C15H19BrFNO/c1-2-12-6-4-3-5-9-18(12)15(19)11-7-8-14(17)13(16)10-11/h7-8,10,12H,2-6,9H2,1H3. The zero-order chi connectivity index (χ0) is 13.8. The molecular weight excluding hydrogens is 309 g/mol. The monoisotopic (exact) mass is 327 g/mol. The molecule has 1 atom stereocenters. The second-order valence-electron chi connectivity index (χ2n) is 5.04. The summed E-state index contributed by atoms with van der Waals surface area (Å²) in [6.07, 6.45) is 5.49. The minimum Gasteiger partial charge on any atom is -0.336 e. The Kier molecular flexibility index (Phi) is 4.97. The van der Waals surface area contributed by atoms with Gasteiger partial charge in [0.25, 0.3) is 5.91 Å². The molecule has 104 valence electrons. The Labute approximate surface area is 122 Å². The fraction of sp³-hybridized carbons (Fsp3) is 0.533. The molecule has 1 fully saturated rings. The Hall–Kier alpha value is -0.900. The van der Waals surface area contributed by atoms with Gasteiger partial charge in [0.05, 0.1) is 4.47 Å². The van der Waals surface area contributed by atoms with E-state index in [0.717, 1.165) is 25.8 Å². The van der Waals surface area contributed by atoms with Crippen molar-refractivity contribution in [3.05, 3.63) is 34.1 Å². The summed E-state index contributed by atoms with van der Waals surface area (Å²) >= 11 is 3.14. The molecule has 1 heterocycles. The number of rotatable bonds is 2. The number of amides is 1. The van der Waals surface area contributed by atoms with E-state index in [4.69, 9.17) is 0 Å². The second-order valence-corrected chi connectivity index (χ2v) is 5.89. The van der Waals surface area contributed by atoms with Gasteiger partial charge in [-0.2, -0.15) is 0 Å². The van der Waals surface area contributed by atoms with Gasteiger partial charge in [-0.05, 0) is 53.4 Å². The van der Waals surface area contributed by atoms with Gasteiger partial charge in [0.1, 0.15) is 5.82 Å². The van der Waals surface area contributed by atoms with E-state index in [1.54, 1.807) is 12.1 Å². The van der Waals surface area contributed by atoms with Gasteiger partial charge in [0.15, 0.2) is 0 Å². The molecule has 1 amide bonds. The lowest BCUT2D eigenvalue weighted by Crippen LogP contribution is -2.39. The Morgan fingerprint density at radius 3 is 2.89 bits per heavy atom. The molecule has 1 saturated heterocycles. The van der Waals surface area contributed by atoms with Crippen LogP contribution in [0.4, 0.5) is 4.39 Å². The van der Waals surface area contributed by atoms with Crippen LogP contribution in [-0.2, 0) is 0 Å². The number of hydrogen-bond donors (Lipinski definition) is 0. The molecule has 19 heavy (non-hydrogen) atoms. The lowest BCUT2D eigenvalue weighted by atomic mass is 10.1. The molecule has 1 unspecified atom stereocenters. The van der Waals surface area contributed by atoms with Gasteiger partial charge in [0, 0.05) is 18.2 Å². The van der Waals surface area contributed by atoms with Crippen molar-refractivity contribution in [3.63, 3.8) is 0 Å². The van der Waals surface area contributed by atoms with E-state index in [1.165, 1.54) is 18.9 Å². The second kappa shape index (κ2) is 6.51. The normalized spacial score (nSPS) is 20.2. The molecule has 0 aliphatic carbocycles. The first-order chi connectivity index (χ1) is 9.13. The predicted octanol–water partition coefficient (Wildman–Crippen LogP) is 4.38. The fourth-order valence-corrected chi connectivity index (χ4v) is 3.04. The molecule has 1 aromatic rings. The van der Waals surface area contributed by atoms with Crippen LogP contribution in [0.15, 0.2) is 22.7 Å². The fourth-order valence-electron chi connectivity index (χ4n) is 2.66. The van der Waals surface area contributed by atoms with E-state index in [2.05, 4.69) is 22.9 Å². The van der Waals surface area contributed by atoms with E-state index < -0.39 is 0 Å². The van der Waals surface area contributed by atoms with Crippen molar-refractivity contribution in [2.45, 2.75) is 45.1 Å². The van der Waals surface area contributed by atoms with Gasteiger partial charge in [-0.15, -0.1) is 0 Å². The predicted molar refractivity (Wildman–Crippen MR) is 77.7 cm³/mol. The molecule has 0 saturated carbocycles. The number of halogens is 2. The maximum atomic E-state index is 13.2. The van der Waals surface area contributed by atoms with Gasteiger partial charge in [-0.25, -0.2) is 4.39 Å². The third-order valence-corrected chi connectivity index (χ3v) is 4.38. The molecule has 1 aromatic carbocycles. The van der Waals surface area contributed by atoms with Gasteiger partial charge in [0.2, 0.25) is 0 Å². The van der Waals surface area contributed by atoms with Crippen LogP contribution >= 0.6 is 15.9 Å². The van der Waals surface area contributed by atoms with E-state index in [1.807, 2.05) is 4.90 Å². The summed E-state index contributed by atoms with van der Waals surface area (Å²) in [6.45, 7) is 2.93. The Morgan fingerprint density at radius 2 is 2.21 bits per heavy atom. The topological polar surface area (TPSA) is 20.3 Å². The highest BCUT2D eigenvalue weighted by molar-refractivity contribution is 9.10. The minimum atomic E-state index is -0.334. The lowest BCUT2D eigenvalue weighted by Gasteiger charge is -2.29. The SMILES string of the molecule is CCC1CCCCCN1C(=O)c1ccc(F)c(Br)c1. The van der Waals surface area contributed by atoms with Crippen LogP contribution in [0, 0.1) is 5.82 Å². The highest BCUT2D eigenvalue weighted by atomic mass is 79.9. The van der Waals surface area contributed by atoms with Crippen molar-refractivity contribution in [1.29, 1.82) is 0 Å². The van der Waals surface area contributed by atoms with Gasteiger partial charge < -0.3 is 4.90 Å². The lowest BCUT2D eigenvalue weighted by molar-refractivity contribution is 0.0678. The summed E-state index contributed by atoms with van der Waals surface area (Å²) in [7, 11) is 0. The number of carbonyl (C=O) groups is 1. The summed E-state index contributed by atoms with van der Waals surface area (Å²) in [4.78, 5) is 14.5. The van der Waals surface area contributed by atoms with Gasteiger partial charge >= 0.3 is 0 Å². The first kappa shape index (κ1) is 14.5. The number of hydrogen-bond acceptors (Lipinski definition) is 1. The van der Waals surface area contributed by atoms with Crippen LogP contribution in [-0.4, -0.2) is 23.4 Å². The smallest absolute Gasteiger partial charge is 0.254 e. The molecule has 0 spiro atoms. The van der Waals surface area contributed by atoms with E-state index in [-0.39, 0.29) is 11.7 Å². The molecule has 2 rings (SSSR count). The molecule has 2 nitrogen and oxygen atoms in total. The Morgan fingerprint density at radius 1 is 1.42 bits per heavy atom. The zero-order valence-electron chi connectivity index (χ0n) is 11.2. The van der Waals surface area contributed by atoms with Crippen molar-refractivity contribution in [2.75, 3.05) is 6.54 Å². The highest BCUT2D eigenvalue weighted by Crippen LogP contribution is 2.23. The molecule has 0 aromatic heterocycles. The molecule has 1 aliphatic rings. The largest absolute Gasteiger partial charge is 0.336 e. The number of nitrogens with zero attached hydrogens (tertiary/aromatic N) is 1. The Bertz CT molecular complexity index is 463. The van der Waals surface area contributed by atoms with Crippen molar-refractivity contribution < 1.29 is 9.18 Å². The van der Waals surface area contributed by atoms with Gasteiger partial charge in [-0.1, -0.05) is 19.8 Å². The van der Waals surface area contributed by atoms with E-state index >= 15 is 0 Å². The summed E-state index contributed by atoms with van der Waals surface area (Å²) in [6, 6.07) is 4.81. The third kappa shape index (κ3) is 3.35. The molecule has 4 heteroatoms. The summed E-state index contributed by atoms with van der Waals surface area (Å²) in [5.41, 5.74) is 0.564. The first-order valence-electron chi connectivity index (χ1n) is 6.89.